The van der Waals surface area contributed by atoms with E-state index in [1.54, 1.807) is 21.9 Å². The summed E-state index contributed by atoms with van der Waals surface area (Å²) in [6, 6.07) is 13.7. The Hall–Kier alpha value is -2.86. The summed E-state index contributed by atoms with van der Waals surface area (Å²) in [6.07, 6.45) is 0. The van der Waals surface area contributed by atoms with Crippen LogP contribution in [0.1, 0.15) is 0 Å². The van der Waals surface area contributed by atoms with Crippen molar-refractivity contribution in [1.29, 1.82) is 0 Å². The van der Waals surface area contributed by atoms with Crippen molar-refractivity contribution >= 4 is 28.5 Å². The molecule has 4 rings (SSSR count). The van der Waals surface area contributed by atoms with Crippen LogP contribution in [0.15, 0.2) is 53.2 Å². The zero-order chi connectivity index (χ0) is 15.1. The molecule has 0 aliphatic heterocycles. The molecule has 4 aromatic rings. The van der Waals surface area contributed by atoms with Gasteiger partial charge in [0.15, 0.2) is 5.65 Å². The van der Waals surface area contributed by atoms with Crippen LogP contribution in [0.3, 0.4) is 0 Å². The van der Waals surface area contributed by atoms with Crippen molar-refractivity contribution in [3.8, 4) is 22.5 Å². The topological polar surface area (TPSA) is 82.2 Å². The summed E-state index contributed by atoms with van der Waals surface area (Å²) in [4.78, 5) is 4.70. The highest BCUT2D eigenvalue weighted by atomic mass is 32.1. The van der Waals surface area contributed by atoms with Crippen LogP contribution in [0, 0.1) is 0 Å². The monoisotopic (exact) mass is 307 g/mol. The summed E-state index contributed by atoms with van der Waals surface area (Å²) in [5.74, 6) is 0.374. The quantitative estimate of drug-likeness (QED) is 0.595. The third kappa shape index (κ3) is 1.93. The van der Waals surface area contributed by atoms with Gasteiger partial charge in [0.2, 0.25) is 0 Å². The van der Waals surface area contributed by atoms with Crippen LogP contribution in [0.4, 0.5) is 11.5 Å². The minimum atomic E-state index is 0.374. The molecule has 1 aromatic carbocycles. The number of thiophene rings is 1. The molecule has 5 nitrogen and oxygen atoms in total. The number of hydrogen-bond donors (Lipinski definition) is 2. The van der Waals surface area contributed by atoms with Crippen molar-refractivity contribution in [3.63, 3.8) is 0 Å². The smallest absolute Gasteiger partial charge is 0.178 e. The molecule has 0 fully saturated rings. The van der Waals surface area contributed by atoms with E-state index in [-0.39, 0.29) is 0 Å². The maximum absolute atomic E-state index is 6.07. The molecule has 108 valence electrons. The van der Waals surface area contributed by atoms with E-state index in [1.807, 2.05) is 41.8 Å². The number of benzene rings is 1. The van der Waals surface area contributed by atoms with Crippen molar-refractivity contribution in [2.24, 2.45) is 0 Å². The number of hydrogen-bond acceptors (Lipinski definition) is 5. The highest BCUT2D eigenvalue weighted by molar-refractivity contribution is 7.08. The zero-order valence-electron chi connectivity index (χ0n) is 11.6. The van der Waals surface area contributed by atoms with E-state index in [0.717, 1.165) is 22.5 Å². The van der Waals surface area contributed by atoms with Crippen LogP contribution in [-0.4, -0.2) is 14.6 Å². The van der Waals surface area contributed by atoms with Crippen LogP contribution in [-0.2, 0) is 0 Å². The van der Waals surface area contributed by atoms with Crippen LogP contribution < -0.4 is 11.5 Å². The Balaban J connectivity index is 2.12. The first-order valence-corrected chi connectivity index (χ1v) is 7.71. The summed E-state index contributed by atoms with van der Waals surface area (Å²) in [5.41, 5.74) is 16.9. The van der Waals surface area contributed by atoms with Gasteiger partial charge in [0.25, 0.3) is 0 Å². The lowest BCUT2D eigenvalue weighted by Gasteiger charge is -2.04. The van der Waals surface area contributed by atoms with E-state index >= 15 is 0 Å². The molecule has 4 N–H and O–H groups in total. The van der Waals surface area contributed by atoms with Crippen LogP contribution in [0.25, 0.3) is 28.2 Å². The molecule has 0 radical (unpaired) electrons. The number of rotatable bonds is 2. The van der Waals surface area contributed by atoms with Crippen molar-refractivity contribution in [3.05, 3.63) is 53.2 Å². The van der Waals surface area contributed by atoms with Gasteiger partial charge >= 0.3 is 0 Å². The van der Waals surface area contributed by atoms with Gasteiger partial charge in [-0.2, -0.15) is 11.3 Å². The second kappa shape index (κ2) is 4.85. The minimum Gasteiger partial charge on any atom is -0.396 e. The Kier molecular flexibility index (Phi) is 2.83. The summed E-state index contributed by atoms with van der Waals surface area (Å²) in [7, 11) is 0. The molecule has 0 unspecified atom stereocenters. The highest BCUT2D eigenvalue weighted by Crippen LogP contribution is 2.34. The van der Waals surface area contributed by atoms with Gasteiger partial charge in [-0.3, -0.25) is 0 Å². The fourth-order valence-electron chi connectivity index (χ4n) is 2.52. The van der Waals surface area contributed by atoms with Gasteiger partial charge in [-0.05, 0) is 11.4 Å². The van der Waals surface area contributed by atoms with E-state index in [9.17, 15) is 0 Å². The largest absolute Gasteiger partial charge is 0.396 e. The average molecular weight is 307 g/mol. The first kappa shape index (κ1) is 12.8. The summed E-state index contributed by atoms with van der Waals surface area (Å²) in [6.45, 7) is 0. The van der Waals surface area contributed by atoms with Gasteiger partial charge in [0.1, 0.15) is 11.5 Å². The lowest BCUT2D eigenvalue weighted by atomic mass is 10.1. The molecule has 0 aliphatic rings. The first-order valence-electron chi connectivity index (χ1n) is 6.77. The number of fused-ring (bicyclic) bond motifs is 1. The van der Waals surface area contributed by atoms with E-state index in [1.165, 1.54) is 0 Å². The number of nitrogens with zero attached hydrogens (tertiary/aromatic N) is 3. The van der Waals surface area contributed by atoms with Crippen molar-refractivity contribution < 1.29 is 0 Å². The standard InChI is InChI=1S/C16H13N5S/c17-12-8-13(18)20-21-15(11-6-7-22-9-11)14(19-16(12)21)10-4-2-1-3-5-10/h1-9H,17H2,(H2,18,20). The van der Waals surface area contributed by atoms with E-state index in [2.05, 4.69) is 10.5 Å². The molecular weight excluding hydrogens is 294 g/mol. The lowest BCUT2D eigenvalue weighted by Crippen LogP contribution is -2.02. The second-order valence-corrected chi connectivity index (χ2v) is 5.73. The Morgan fingerprint density at radius 3 is 2.55 bits per heavy atom. The van der Waals surface area contributed by atoms with E-state index in [0.29, 0.717) is 17.2 Å². The Morgan fingerprint density at radius 1 is 1.00 bits per heavy atom. The number of anilines is 2. The lowest BCUT2D eigenvalue weighted by molar-refractivity contribution is 0.955. The summed E-state index contributed by atoms with van der Waals surface area (Å²) < 4.78 is 1.73. The molecule has 22 heavy (non-hydrogen) atoms. The molecule has 0 amide bonds. The molecular formula is C16H13N5S. The molecule has 0 atom stereocenters. The molecule has 0 saturated carbocycles. The molecule has 0 spiro atoms. The molecule has 3 heterocycles. The average Bonchev–Trinajstić information content (AvgIpc) is 3.14. The molecule has 0 saturated heterocycles. The second-order valence-electron chi connectivity index (χ2n) is 4.95. The van der Waals surface area contributed by atoms with Crippen molar-refractivity contribution in [1.82, 2.24) is 14.6 Å². The Bertz CT molecular complexity index is 942. The van der Waals surface area contributed by atoms with Crippen molar-refractivity contribution in [2.75, 3.05) is 11.5 Å². The maximum atomic E-state index is 6.07. The third-order valence-corrected chi connectivity index (χ3v) is 4.16. The van der Waals surface area contributed by atoms with Gasteiger partial charge in [-0.1, -0.05) is 30.3 Å². The van der Waals surface area contributed by atoms with Gasteiger partial charge in [0.05, 0.1) is 11.4 Å². The van der Waals surface area contributed by atoms with Crippen LogP contribution in [0.2, 0.25) is 0 Å². The Morgan fingerprint density at radius 2 is 1.82 bits per heavy atom. The summed E-state index contributed by atoms with van der Waals surface area (Å²) in [5, 5.41) is 8.49. The van der Waals surface area contributed by atoms with Gasteiger partial charge in [-0.25, -0.2) is 9.50 Å². The SMILES string of the molecule is Nc1cc(N)c2nc(-c3ccccc3)c(-c3ccsc3)n2n1. The van der Waals surface area contributed by atoms with Crippen molar-refractivity contribution in [2.45, 2.75) is 0 Å². The molecule has 3 aromatic heterocycles. The number of nitrogen functional groups attached to an aromatic ring is 2. The van der Waals surface area contributed by atoms with Gasteiger partial charge in [0, 0.05) is 22.6 Å². The normalized spacial score (nSPS) is 11.1. The fraction of sp³-hybridized carbons (Fsp3) is 0. The van der Waals surface area contributed by atoms with Gasteiger partial charge in [-0.15, -0.1) is 5.10 Å². The molecule has 6 heteroatoms. The maximum Gasteiger partial charge on any atom is 0.178 e. The minimum absolute atomic E-state index is 0.374. The van der Waals surface area contributed by atoms with E-state index < -0.39 is 0 Å². The predicted octanol–water partition coefficient (Wildman–Crippen LogP) is 3.29. The predicted molar refractivity (Wildman–Crippen MR) is 90.6 cm³/mol. The van der Waals surface area contributed by atoms with Crippen LogP contribution >= 0.6 is 11.3 Å². The Labute approximate surface area is 130 Å². The van der Waals surface area contributed by atoms with Crippen LogP contribution in [0.5, 0.6) is 0 Å². The van der Waals surface area contributed by atoms with Gasteiger partial charge < -0.3 is 11.5 Å². The first-order chi connectivity index (χ1) is 10.7. The number of nitrogens with two attached hydrogens (primary N) is 2. The summed E-state index contributed by atoms with van der Waals surface area (Å²) >= 11 is 1.63. The molecule has 0 aliphatic carbocycles. The zero-order valence-corrected chi connectivity index (χ0v) is 12.4. The number of imidazole rings is 1. The fourth-order valence-corrected chi connectivity index (χ4v) is 3.16. The third-order valence-electron chi connectivity index (χ3n) is 3.47. The highest BCUT2D eigenvalue weighted by Gasteiger charge is 2.19. The van der Waals surface area contributed by atoms with E-state index in [4.69, 9.17) is 16.5 Å². The molecule has 0 bridgehead atoms. The number of aromatic nitrogens is 3.